The number of rotatable bonds is 14. The molecule has 0 aromatic carbocycles. The fourth-order valence-electron chi connectivity index (χ4n) is 1.39. The quantitative estimate of drug-likeness (QED) is 0.195. The third-order valence-electron chi connectivity index (χ3n) is 2.61. The maximum absolute atomic E-state index is 13.5. The predicted octanol–water partition coefficient (Wildman–Crippen LogP) is 1.73. The summed E-state index contributed by atoms with van der Waals surface area (Å²) < 4.78 is 29.0. The van der Waals surface area contributed by atoms with Crippen molar-refractivity contribution in [1.29, 1.82) is 0 Å². The van der Waals surface area contributed by atoms with Crippen LogP contribution in [0, 0.1) is 0 Å². The Morgan fingerprint density at radius 3 is 2.52 bits per heavy atom. The average Bonchev–Trinajstić information content (AvgIpc) is 2.59. The second kappa shape index (κ2) is 16.0. The number of thiol groups is 2. The van der Waals surface area contributed by atoms with Gasteiger partial charge in [0.1, 0.15) is 12.8 Å². The molecule has 2 amide bonds. The van der Waals surface area contributed by atoms with Gasteiger partial charge in [0.25, 0.3) is 5.24 Å². The van der Waals surface area contributed by atoms with Crippen molar-refractivity contribution in [2.24, 2.45) is 0 Å². The molecular weight excluding hydrogens is 391 g/mol. The number of hydrogen-bond acceptors (Lipinski definition) is 7. The van der Waals surface area contributed by atoms with Crippen LogP contribution in [0.15, 0.2) is 0 Å². The van der Waals surface area contributed by atoms with Gasteiger partial charge in [-0.25, -0.2) is 4.39 Å². The molecule has 2 N–H and O–H groups in total. The minimum atomic E-state index is -1.28. The SMILES string of the molecule is CS[SH](S)C(=O)NCC(F)COCCOCCNC(=O)COC(C)C. The Labute approximate surface area is 160 Å². The maximum Gasteiger partial charge on any atom is 0.276 e. The van der Waals surface area contributed by atoms with Gasteiger partial charge in [0.15, 0.2) is 0 Å². The van der Waals surface area contributed by atoms with Crippen molar-refractivity contribution in [1.82, 2.24) is 10.6 Å². The Kier molecular flexibility index (Phi) is 15.9. The molecule has 2 unspecified atom stereocenters. The van der Waals surface area contributed by atoms with Crippen LogP contribution in [-0.2, 0) is 19.0 Å². The molecule has 7 nitrogen and oxygen atoms in total. The van der Waals surface area contributed by atoms with Crippen LogP contribution in [0.2, 0.25) is 0 Å². The molecule has 2 atom stereocenters. The molecule has 0 spiro atoms. The zero-order valence-electron chi connectivity index (χ0n) is 14.8. The highest BCUT2D eigenvalue weighted by molar-refractivity contribution is 9.18. The van der Waals surface area contributed by atoms with Gasteiger partial charge in [0, 0.05) is 6.54 Å². The van der Waals surface area contributed by atoms with E-state index in [1.54, 1.807) is 6.26 Å². The molecule has 150 valence electrons. The number of ether oxygens (including phenoxy) is 3. The summed E-state index contributed by atoms with van der Waals surface area (Å²) in [6.45, 7) is 4.78. The standard InChI is InChI=1S/C14H29FN2O5S3/c1-11(2)22-10-13(18)16-4-5-20-6-7-21-9-12(15)8-17-14(19)25(23)24-3/h11-12,23,25H,4-10H2,1-3H3,(H,16,18)(H,17,19). The van der Waals surface area contributed by atoms with E-state index in [1.807, 2.05) is 13.8 Å². The first kappa shape index (κ1) is 24.8. The number of amides is 2. The van der Waals surface area contributed by atoms with Crippen LogP contribution in [0.25, 0.3) is 0 Å². The van der Waals surface area contributed by atoms with Crippen molar-refractivity contribution >= 4 is 42.6 Å². The minimum Gasteiger partial charge on any atom is -0.377 e. The van der Waals surface area contributed by atoms with E-state index in [0.717, 1.165) is 0 Å². The van der Waals surface area contributed by atoms with Crippen LogP contribution in [0.1, 0.15) is 13.8 Å². The third-order valence-corrected chi connectivity index (χ3v) is 7.01. The Morgan fingerprint density at radius 2 is 1.88 bits per heavy atom. The molecular formula is C14H29FN2O5S3. The molecule has 0 aromatic rings. The molecule has 0 saturated heterocycles. The molecule has 0 fully saturated rings. The molecule has 0 aliphatic rings. The maximum atomic E-state index is 13.5. The summed E-state index contributed by atoms with van der Waals surface area (Å²) in [5, 5.41) is 4.89. The molecule has 25 heavy (non-hydrogen) atoms. The summed E-state index contributed by atoms with van der Waals surface area (Å²) in [6.07, 6.45) is 0.513. The molecule has 0 saturated carbocycles. The summed E-state index contributed by atoms with van der Waals surface area (Å²) >= 11 is 4.10. The smallest absolute Gasteiger partial charge is 0.276 e. The van der Waals surface area contributed by atoms with Crippen LogP contribution in [0.3, 0.4) is 0 Å². The van der Waals surface area contributed by atoms with Crippen LogP contribution >= 0.6 is 31.4 Å². The monoisotopic (exact) mass is 420 g/mol. The molecule has 0 radical (unpaired) electrons. The van der Waals surface area contributed by atoms with E-state index in [1.165, 1.54) is 10.8 Å². The van der Waals surface area contributed by atoms with Gasteiger partial charge in [-0.1, -0.05) is 8.96 Å². The van der Waals surface area contributed by atoms with Gasteiger partial charge in [0.2, 0.25) is 5.91 Å². The number of hydrogen-bond donors (Lipinski definition) is 4. The Bertz CT molecular complexity index is 380. The van der Waals surface area contributed by atoms with Gasteiger partial charge in [-0.3, -0.25) is 9.59 Å². The van der Waals surface area contributed by atoms with Crippen molar-refractivity contribution in [3.63, 3.8) is 0 Å². The summed E-state index contributed by atoms with van der Waals surface area (Å²) in [6, 6.07) is 0. The summed E-state index contributed by atoms with van der Waals surface area (Å²) in [5.41, 5.74) is 0. The third kappa shape index (κ3) is 15.7. The number of alkyl halides is 1. The molecule has 0 aliphatic carbocycles. The summed E-state index contributed by atoms with van der Waals surface area (Å²) in [5.74, 6) is -0.192. The molecule has 0 aromatic heterocycles. The number of halogens is 1. The number of carbonyl (C=O) groups is 2. The lowest BCUT2D eigenvalue weighted by molar-refractivity contribution is -0.127. The predicted molar refractivity (Wildman–Crippen MR) is 106 cm³/mol. The first-order valence-corrected chi connectivity index (χ1v) is 12.2. The van der Waals surface area contributed by atoms with E-state index in [4.69, 9.17) is 14.2 Å². The topological polar surface area (TPSA) is 85.9 Å². The lowest BCUT2D eigenvalue weighted by Crippen LogP contribution is -2.32. The number of nitrogens with one attached hydrogen (secondary N) is 2. The van der Waals surface area contributed by atoms with E-state index in [-0.39, 0.29) is 43.6 Å². The van der Waals surface area contributed by atoms with E-state index in [2.05, 4.69) is 22.3 Å². The zero-order valence-corrected chi connectivity index (χ0v) is 17.4. The molecule has 0 heterocycles. The Hall–Kier alpha value is -0.200. The van der Waals surface area contributed by atoms with Crippen molar-refractivity contribution < 1.29 is 28.2 Å². The second-order valence-corrected chi connectivity index (χ2v) is 10.7. The van der Waals surface area contributed by atoms with Crippen LogP contribution in [-0.4, -0.2) is 75.8 Å². The van der Waals surface area contributed by atoms with Crippen LogP contribution in [0.5, 0.6) is 0 Å². The van der Waals surface area contributed by atoms with Gasteiger partial charge in [0.05, 0.1) is 39.1 Å². The first-order chi connectivity index (χ1) is 11.9. The highest BCUT2D eigenvalue weighted by atomic mass is 33.5. The largest absolute Gasteiger partial charge is 0.377 e. The average molecular weight is 421 g/mol. The zero-order chi connectivity index (χ0) is 19.1. The van der Waals surface area contributed by atoms with E-state index in [9.17, 15) is 14.0 Å². The van der Waals surface area contributed by atoms with Gasteiger partial charge in [-0.15, -0.1) is 22.5 Å². The van der Waals surface area contributed by atoms with Crippen molar-refractivity contribution in [3.05, 3.63) is 0 Å². The minimum absolute atomic E-state index is 0.0117. The lowest BCUT2D eigenvalue weighted by atomic mass is 10.4. The van der Waals surface area contributed by atoms with Crippen molar-refractivity contribution in [2.45, 2.75) is 26.1 Å². The second-order valence-electron chi connectivity index (χ2n) is 5.14. The van der Waals surface area contributed by atoms with E-state index in [0.29, 0.717) is 19.8 Å². The van der Waals surface area contributed by atoms with E-state index < -0.39 is 15.1 Å². The van der Waals surface area contributed by atoms with Gasteiger partial charge in [-0.05, 0) is 20.1 Å². The molecule has 0 bridgehead atoms. The Balaban J connectivity index is 3.43. The fourth-order valence-corrected chi connectivity index (χ4v) is 2.69. The first-order valence-electron chi connectivity index (χ1n) is 7.85. The molecule has 0 aliphatic heterocycles. The van der Waals surface area contributed by atoms with Gasteiger partial charge >= 0.3 is 0 Å². The van der Waals surface area contributed by atoms with Crippen LogP contribution < -0.4 is 10.6 Å². The van der Waals surface area contributed by atoms with Gasteiger partial charge in [-0.2, -0.15) is 0 Å². The summed E-state index contributed by atoms with van der Waals surface area (Å²) in [4.78, 5) is 22.8. The molecule has 11 heteroatoms. The van der Waals surface area contributed by atoms with Crippen molar-refractivity contribution in [2.75, 3.05) is 52.4 Å². The summed E-state index contributed by atoms with van der Waals surface area (Å²) in [7, 11) is 0.225. The van der Waals surface area contributed by atoms with Crippen molar-refractivity contribution in [3.8, 4) is 0 Å². The van der Waals surface area contributed by atoms with Crippen LogP contribution in [0.4, 0.5) is 9.18 Å². The van der Waals surface area contributed by atoms with Gasteiger partial charge < -0.3 is 24.8 Å². The fraction of sp³-hybridized carbons (Fsp3) is 0.857. The Morgan fingerprint density at radius 1 is 1.20 bits per heavy atom. The molecule has 0 rings (SSSR count). The highest BCUT2D eigenvalue weighted by Gasteiger charge is 2.12. The normalized spacial score (nSPS) is 14.2. The lowest BCUT2D eigenvalue weighted by Gasteiger charge is -2.14. The van der Waals surface area contributed by atoms with E-state index >= 15 is 0 Å². The number of carbonyl (C=O) groups excluding carboxylic acids is 2. The highest BCUT2D eigenvalue weighted by Crippen LogP contribution is 2.42.